The van der Waals surface area contributed by atoms with Crippen LogP contribution < -0.4 is 15.1 Å². The first-order chi connectivity index (χ1) is 9.88. The van der Waals surface area contributed by atoms with Crippen molar-refractivity contribution in [2.45, 2.75) is 17.2 Å². The molecule has 0 aliphatic carbocycles. The van der Waals surface area contributed by atoms with Gasteiger partial charge in [0.1, 0.15) is 0 Å². The number of benzene rings is 1. The largest absolute Gasteiger partial charge is 0.538 e. The van der Waals surface area contributed by atoms with E-state index >= 15 is 0 Å². The van der Waals surface area contributed by atoms with E-state index in [0.29, 0.717) is 15.7 Å². The maximum Gasteiger partial charge on any atom is 0.291 e. The van der Waals surface area contributed by atoms with E-state index in [2.05, 4.69) is 15.1 Å². The third-order valence-corrected chi connectivity index (χ3v) is 4.35. The van der Waals surface area contributed by atoms with E-state index in [-0.39, 0.29) is 10.9 Å². The van der Waals surface area contributed by atoms with Gasteiger partial charge in [0, 0.05) is 5.02 Å². The van der Waals surface area contributed by atoms with Crippen molar-refractivity contribution < 1.29 is 19.1 Å². The van der Waals surface area contributed by atoms with Crippen molar-refractivity contribution in [3.8, 4) is 5.95 Å². The van der Waals surface area contributed by atoms with Gasteiger partial charge >= 0.3 is 0 Å². The molecule has 9 heteroatoms. The number of thioether (sulfide) groups is 1. The minimum Gasteiger partial charge on any atom is -0.538 e. The van der Waals surface area contributed by atoms with Gasteiger partial charge in [0.2, 0.25) is 5.91 Å². The maximum absolute atomic E-state index is 12.1. The maximum atomic E-state index is 12.1. The van der Waals surface area contributed by atoms with Crippen molar-refractivity contribution in [2.24, 2.45) is 7.05 Å². The Hall–Kier alpha value is -1.44. The summed E-state index contributed by atoms with van der Waals surface area (Å²) in [5.74, 6) is -0.896. The molecule has 6 nitrogen and oxygen atoms in total. The van der Waals surface area contributed by atoms with Crippen LogP contribution in [0.5, 0.6) is 5.95 Å². The molecule has 1 amide bonds. The zero-order valence-corrected chi connectivity index (χ0v) is 13.4. The molecule has 0 spiro atoms. The second-order valence-corrected chi connectivity index (χ2v) is 6.34. The van der Waals surface area contributed by atoms with Crippen LogP contribution in [0, 0.1) is 0 Å². The first-order valence-electron chi connectivity index (χ1n) is 5.84. The first-order valence-corrected chi connectivity index (χ1v) is 7.47. The highest BCUT2D eigenvalue weighted by Crippen LogP contribution is 2.29. The molecule has 1 unspecified atom stereocenters. The van der Waals surface area contributed by atoms with Crippen LogP contribution in [0.1, 0.15) is 6.92 Å². The lowest BCUT2D eigenvalue weighted by atomic mass is 10.3. The minimum absolute atomic E-state index is 0.245. The predicted molar refractivity (Wildman–Crippen MR) is 77.5 cm³/mol. The summed E-state index contributed by atoms with van der Waals surface area (Å²) in [7, 11) is 1.56. The molecule has 1 heterocycles. The van der Waals surface area contributed by atoms with Crippen molar-refractivity contribution in [3.05, 3.63) is 28.2 Å². The molecule has 2 aromatic rings. The first kappa shape index (κ1) is 15.9. The summed E-state index contributed by atoms with van der Waals surface area (Å²) in [6.45, 7) is 1.66. The van der Waals surface area contributed by atoms with Gasteiger partial charge in [-0.1, -0.05) is 27.9 Å². The zero-order valence-electron chi connectivity index (χ0n) is 11.1. The van der Waals surface area contributed by atoms with Crippen LogP contribution in [0.15, 0.2) is 27.7 Å². The lowest BCUT2D eigenvalue weighted by Gasteiger charge is -2.11. The molecular weight excluding hydrogens is 337 g/mol. The number of hydrogen-bond donors (Lipinski definition) is 1. The number of amides is 1. The zero-order chi connectivity index (χ0) is 15.6. The third-order valence-electron chi connectivity index (χ3n) is 2.56. The second kappa shape index (κ2) is 6.55. The number of carbonyl (C=O) groups is 1. The number of nitrogens with one attached hydrogen (secondary N) is 1. The van der Waals surface area contributed by atoms with Crippen molar-refractivity contribution >= 4 is 46.6 Å². The van der Waals surface area contributed by atoms with Gasteiger partial charge in [0.25, 0.3) is 5.03 Å². The van der Waals surface area contributed by atoms with Gasteiger partial charge in [-0.05, 0) is 36.9 Å². The average Bonchev–Trinajstić information content (AvgIpc) is 2.74. The second-order valence-electron chi connectivity index (χ2n) is 4.16. The van der Waals surface area contributed by atoms with E-state index in [4.69, 9.17) is 23.2 Å². The van der Waals surface area contributed by atoms with E-state index < -0.39 is 11.2 Å². The Kier molecular flexibility index (Phi) is 4.97. The van der Waals surface area contributed by atoms with E-state index in [1.54, 1.807) is 32.2 Å². The number of aromatic nitrogens is 2. The van der Waals surface area contributed by atoms with Gasteiger partial charge in [0.05, 0.1) is 21.2 Å². The molecule has 1 aromatic carbocycles. The lowest BCUT2D eigenvalue weighted by Crippen LogP contribution is -2.33. The highest BCUT2D eigenvalue weighted by atomic mass is 35.5. The number of hydrogen-bond acceptors (Lipinski definition) is 5. The summed E-state index contributed by atoms with van der Waals surface area (Å²) in [6.07, 6.45) is 0. The van der Waals surface area contributed by atoms with Gasteiger partial charge in [0.15, 0.2) is 13.0 Å². The van der Waals surface area contributed by atoms with E-state index in [0.717, 1.165) is 11.8 Å². The topological polar surface area (TPSA) is 82.1 Å². The molecule has 0 aliphatic heterocycles. The molecule has 0 fully saturated rings. The van der Waals surface area contributed by atoms with Crippen molar-refractivity contribution in [1.82, 2.24) is 5.27 Å². The quantitative estimate of drug-likeness (QED) is 0.675. The molecule has 2 rings (SSSR count). The average molecular weight is 348 g/mol. The van der Waals surface area contributed by atoms with Gasteiger partial charge in [-0.15, -0.1) is 0 Å². The van der Waals surface area contributed by atoms with Crippen LogP contribution in [-0.4, -0.2) is 16.4 Å². The van der Waals surface area contributed by atoms with Gasteiger partial charge in [-0.3, -0.25) is 4.79 Å². The summed E-state index contributed by atoms with van der Waals surface area (Å²) in [5, 5.41) is 18.1. The van der Waals surface area contributed by atoms with Crippen molar-refractivity contribution in [3.63, 3.8) is 0 Å². The smallest absolute Gasteiger partial charge is 0.291 e. The fraction of sp³-hybridized carbons (Fsp3) is 0.250. The predicted octanol–water partition coefficient (Wildman–Crippen LogP) is 2.00. The summed E-state index contributed by atoms with van der Waals surface area (Å²) in [5.41, 5.74) is 0.415. The molecule has 0 saturated carbocycles. The number of aryl methyl sites for hydroxylation is 1. The number of rotatable bonds is 4. The monoisotopic (exact) mass is 347 g/mol. The number of halogens is 2. The Balaban J connectivity index is 2.08. The summed E-state index contributed by atoms with van der Waals surface area (Å²) >= 11 is 12.9. The molecule has 1 aromatic heterocycles. The summed E-state index contributed by atoms with van der Waals surface area (Å²) in [4.78, 5) is 12.1. The van der Waals surface area contributed by atoms with Gasteiger partial charge < -0.3 is 14.9 Å². The van der Waals surface area contributed by atoms with Gasteiger partial charge in [-0.25, -0.2) is 0 Å². The highest BCUT2D eigenvalue weighted by molar-refractivity contribution is 8.00. The van der Waals surface area contributed by atoms with Crippen LogP contribution in [-0.2, 0) is 11.8 Å². The molecule has 21 heavy (non-hydrogen) atoms. The minimum atomic E-state index is -0.581. The molecule has 0 saturated heterocycles. The van der Waals surface area contributed by atoms with Crippen LogP contribution in [0.4, 0.5) is 5.69 Å². The van der Waals surface area contributed by atoms with Crippen LogP contribution in [0.2, 0.25) is 10.0 Å². The Bertz CT molecular complexity index is 658. The third kappa shape index (κ3) is 3.81. The van der Waals surface area contributed by atoms with Crippen LogP contribution in [0.3, 0.4) is 0 Å². The summed E-state index contributed by atoms with van der Waals surface area (Å²) in [6, 6.07) is 4.77. The van der Waals surface area contributed by atoms with E-state index in [9.17, 15) is 9.90 Å². The van der Waals surface area contributed by atoms with Crippen LogP contribution >= 0.6 is 35.0 Å². The fourth-order valence-corrected chi connectivity index (χ4v) is 2.64. The highest BCUT2D eigenvalue weighted by Gasteiger charge is 2.23. The lowest BCUT2D eigenvalue weighted by molar-refractivity contribution is -0.772. The molecular formula is C12H11Cl2N3O3S. The Labute approximate surface area is 135 Å². The standard InChI is InChI=1S/C12H11Cl2N3O3S/c1-6(21-11-12(19)20-16-17(11)2)10(18)15-9-5-7(13)3-4-8(9)14/h3-6H,1-2H3,(H-,15,16,18,19). The van der Waals surface area contributed by atoms with Crippen molar-refractivity contribution in [2.75, 3.05) is 5.32 Å². The number of nitrogens with zero attached hydrogens (tertiary/aromatic N) is 2. The molecule has 0 aliphatic rings. The van der Waals surface area contributed by atoms with Gasteiger partial charge in [-0.2, -0.15) is 0 Å². The summed E-state index contributed by atoms with van der Waals surface area (Å²) < 4.78 is 5.78. The molecule has 0 bridgehead atoms. The molecule has 0 radical (unpaired) electrons. The molecule has 1 N–H and O–H groups in total. The van der Waals surface area contributed by atoms with Crippen LogP contribution in [0.25, 0.3) is 0 Å². The Morgan fingerprint density at radius 2 is 2.24 bits per heavy atom. The Morgan fingerprint density at radius 3 is 2.86 bits per heavy atom. The number of anilines is 1. The number of carbonyl (C=O) groups excluding carboxylic acids is 1. The van der Waals surface area contributed by atoms with E-state index in [1.807, 2.05) is 0 Å². The molecule has 112 valence electrons. The normalized spacial score (nSPS) is 12.2. The SMILES string of the molecule is CC(Sc1c([O-])on[n+]1C)C(=O)Nc1cc(Cl)ccc1Cl. The fourth-order valence-electron chi connectivity index (χ4n) is 1.48. The van der Waals surface area contributed by atoms with Crippen molar-refractivity contribution in [1.29, 1.82) is 0 Å². The van der Waals surface area contributed by atoms with E-state index in [1.165, 1.54) is 4.68 Å². The molecule has 1 atom stereocenters. The Morgan fingerprint density at radius 1 is 1.52 bits per heavy atom.